The number of nitrogens with one attached hydrogen (secondary N) is 1. The number of Topliss-reactive ketones (excluding diaryl/α,β-unsaturated/α-hetero) is 4. The van der Waals surface area contributed by atoms with Crippen LogP contribution in [0.2, 0.25) is 0 Å². The number of aliphatic hydroxyl groups is 1. The molecule has 0 aliphatic heterocycles. The molecule has 2 aromatic rings. The van der Waals surface area contributed by atoms with E-state index < -0.39 is 64.4 Å². The van der Waals surface area contributed by atoms with Crippen molar-refractivity contribution in [2.45, 2.75) is 69.2 Å². The minimum absolute atomic E-state index is 0.0124. The van der Waals surface area contributed by atoms with Crippen molar-refractivity contribution in [1.29, 1.82) is 0 Å². The van der Waals surface area contributed by atoms with Gasteiger partial charge in [0, 0.05) is 24.1 Å². The number of rotatable bonds is 7. The lowest BCUT2D eigenvalue weighted by atomic mass is 9.52. The molecule has 0 saturated heterocycles. The number of hydrogen-bond donors (Lipinski definition) is 4. The molecule has 6 atom stereocenters. The Morgan fingerprint density at radius 1 is 1.04 bits per heavy atom. The van der Waals surface area contributed by atoms with E-state index in [-0.39, 0.29) is 24.2 Å². The number of aromatic hydroxyl groups is 1. The van der Waals surface area contributed by atoms with Crippen molar-refractivity contribution in [2.24, 2.45) is 29.4 Å². The summed E-state index contributed by atoms with van der Waals surface area (Å²) in [5.41, 5.74) is 5.55. The second-order valence-corrected chi connectivity index (χ2v) is 13.5. The number of phenols is 1. The van der Waals surface area contributed by atoms with Crippen LogP contribution in [0.4, 0.5) is 0 Å². The fourth-order valence-electron chi connectivity index (χ4n) is 8.50. The smallest absolute Gasteiger partial charge is 0.235 e. The Balaban J connectivity index is 1.41. The molecule has 3 fully saturated rings. The van der Waals surface area contributed by atoms with Crippen LogP contribution in [-0.4, -0.2) is 83.0 Å². The zero-order valence-corrected chi connectivity index (χ0v) is 26.4. The van der Waals surface area contributed by atoms with Crippen LogP contribution >= 0.6 is 0 Å². The first kappa shape index (κ1) is 32.0. The number of carbonyl (C=O) groups is 5. The van der Waals surface area contributed by atoms with Gasteiger partial charge in [-0.15, -0.1) is 0 Å². The van der Waals surface area contributed by atoms with Crippen molar-refractivity contribution in [3.8, 4) is 22.6 Å². The molecule has 244 valence electrons. The van der Waals surface area contributed by atoms with Crippen molar-refractivity contribution in [2.75, 3.05) is 21.2 Å². The fraction of sp³-hybridized carbons (Fsp3) is 0.514. The lowest BCUT2D eigenvalue weighted by Gasteiger charge is -2.52. The third kappa shape index (κ3) is 4.96. The van der Waals surface area contributed by atoms with Gasteiger partial charge >= 0.3 is 0 Å². The number of phenolic OH excluding ortho intramolecular Hbond substituents is 1. The molecule has 11 heteroatoms. The van der Waals surface area contributed by atoms with Crippen LogP contribution in [-0.2, 0) is 32.1 Å². The van der Waals surface area contributed by atoms with Gasteiger partial charge in [0.15, 0.2) is 34.7 Å². The van der Waals surface area contributed by atoms with Crippen LogP contribution in [0.5, 0.6) is 11.5 Å². The third-order valence-electron chi connectivity index (χ3n) is 10.7. The molecule has 1 amide bonds. The summed E-state index contributed by atoms with van der Waals surface area (Å²) in [5, 5.41) is 26.4. The molecule has 3 unspecified atom stereocenters. The quantitative estimate of drug-likeness (QED) is 0.331. The van der Waals surface area contributed by atoms with Crippen molar-refractivity contribution >= 4 is 29.0 Å². The van der Waals surface area contributed by atoms with Crippen molar-refractivity contribution < 1.29 is 38.9 Å². The lowest BCUT2D eigenvalue weighted by Crippen LogP contribution is -2.74. The van der Waals surface area contributed by atoms with Gasteiger partial charge in [0.2, 0.25) is 5.91 Å². The zero-order chi connectivity index (χ0) is 33.1. The Kier molecular flexibility index (Phi) is 8.37. The summed E-state index contributed by atoms with van der Waals surface area (Å²) in [6.45, 7) is 0.653. The second kappa shape index (κ2) is 12.0. The summed E-state index contributed by atoms with van der Waals surface area (Å²) in [7, 11) is 4.69. The molecule has 0 spiro atoms. The molecule has 0 radical (unpaired) electrons. The predicted octanol–water partition coefficient (Wildman–Crippen LogP) is 1.96. The van der Waals surface area contributed by atoms with Gasteiger partial charge in [-0.3, -0.25) is 28.9 Å². The molecular weight excluding hydrogens is 590 g/mol. The van der Waals surface area contributed by atoms with Crippen LogP contribution in [0, 0.1) is 23.7 Å². The van der Waals surface area contributed by atoms with E-state index in [9.17, 15) is 34.2 Å². The largest absolute Gasteiger partial charge is 0.507 e. The van der Waals surface area contributed by atoms with Gasteiger partial charge in [0.25, 0.3) is 0 Å². The number of primary amides is 1. The first-order chi connectivity index (χ1) is 21.9. The molecule has 4 aliphatic rings. The van der Waals surface area contributed by atoms with Crippen LogP contribution in [0.15, 0.2) is 30.3 Å². The topological polar surface area (TPSA) is 176 Å². The monoisotopic (exact) mass is 631 g/mol. The number of amides is 1. The summed E-state index contributed by atoms with van der Waals surface area (Å²) >= 11 is 0. The normalized spacial score (nSPS) is 29.7. The number of nitrogens with zero attached hydrogens (tertiary/aromatic N) is 1. The van der Waals surface area contributed by atoms with Gasteiger partial charge in [0.05, 0.1) is 24.6 Å². The second-order valence-electron chi connectivity index (χ2n) is 13.5. The number of carbonyl (C=O) groups excluding carboxylic acids is 5. The maximum Gasteiger partial charge on any atom is 0.235 e. The van der Waals surface area contributed by atoms with E-state index in [0.29, 0.717) is 29.5 Å². The molecule has 46 heavy (non-hydrogen) atoms. The highest BCUT2D eigenvalue weighted by atomic mass is 16.5. The first-order valence-electron chi connectivity index (χ1n) is 16.0. The molecule has 0 bridgehead atoms. The number of ether oxygens (including phenoxy) is 1. The average molecular weight is 632 g/mol. The molecule has 11 nitrogen and oxygen atoms in total. The summed E-state index contributed by atoms with van der Waals surface area (Å²) in [6.07, 6.45) is 6.13. The maximum absolute atomic E-state index is 14.2. The van der Waals surface area contributed by atoms with E-state index in [1.165, 1.54) is 30.2 Å². The summed E-state index contributed by atoms with van der Waals surface area (Å²) in [6, 6.07) is 8.31. The van der Waals surface area contributed by atoms with E-state index in [0.717, 1.165) is 24.0 Å². The molecule has 2 aromatic carbocycles. The van der Waals surface area contributed by atoms with E-state index in [1.54, 1.807) is 27.3 Å². The van der Waals surface area contributed by atoms with Crippen LogP contribution < -0.4 is 15.8 Å². The number of hydrogen-bond acceptors (Lipinski definition) is 10. The Morgan fingerprint density at radius 3 is 2.41 bits per heavy atom. The number of nitrogens with two attached hydrogens (primary N) is 1. The van der Waals surface area contributed by atoms with Gasteiger partial charge in [-0.05, 0) is 80.6 Å². The van der Waals surface area contributed by atoms with Crippen molar-refractivity contribution in [1.82, 2.24) is 10.2 Å². The lowest BCUT2D eigenvalue weighted by molar-refractivity contribution is -0.181. The van der Waals surface area contributed by atoms with E-state index >= 15 is 0 Å². The summed E-state index contributed by atoms with van der Waals surface area (Å²) in [4.78, 5) is 68.9. The number of ketones is 4. The minimum Gasteiger partial charge on any atom is -0.507 e. The number of likely N-dealkylation sites (N-methyl/N-ethyl adjacent to an activating group) is 1. The third-order valence-corrected chi connectivity index (χ3v) is 10.7. The molecule has 0 heterocycles. The Bertz CT molecular complexity index is 1630. The maximum atomic E-state index is 14.2. The molecule has 0 aromatic heterocycles. The SMILES string of the molecule is COc1ccc(CNC2CCCCC2)cc1-c1ccc(O)c2c1C[C@H]1C[C@H]3C(N(C)C)C(=O)C(C(N)=O)C(=O)[C@@]3(O)C(=O)C1C2=O. The fourth-order valence-corrected chi connectivity index (χ4v) is 8.50. The highest BCUT2D eigenvalue weighted by molar-refractivity contribution is 6.32. The summed E-state index contributed by atoms with van der Waals surface area (Å²) in [5.74, 6) is -10.1. The van der Waals surface area contributed by atoms with E-state index in [2.05, 4.69) is 5.32 Å². The molecular formula is C35H41N3O8. The van der Waals surface area contributed by atoms with Gasteiger partial charge in [-0.25, -0.2) is 0 Å². The summed E-state index contributed by atoms with van der Waals surface area (Å²) < 4.78 is 5.73. The van der Waals surface area contributed by atoms with Gasteiger partial charge < -0.3 is 26.0 Å². The van der Waals surface area contributed by atoms with Gasteiger partial charge in [-0.1, -0.05) is 31.4 Å². The molecule has 4 aliphatic carbocycles. The average Bonchev–Trinajstić information content (AvgIpc) is 3.02. The van der Waals surface area contributed by atoms with Crippen LogP contribution in [0.25, 0.3) is 11.1 Å². The molecule has 3 saturated carbocycles. The van der Waals surface area contributed by atoms with Crippen LogP contribution in [0.1, 0.15) is 60.0 Å². The Hall–Kier alpha value is -3.93. The minimum atomic E-state index is -2.76. The Labute approximate surface area is 267 Å². The van der Waals surface area contributed by atoms with Crippen molar-refractivity contribution in [3.05, 3.63) is 47.0 Å². The molecule has 5 N–H and O–H groups in total. The van der Waals surface area contributed by atoms with E-state index in [4.69, 9.17) is 10.5 Å². The van der Waals surface area contributed by atoms with Gasteiger partial charge in [-0.2, -0.15) is 0 Å². The predicted molar refractivity (Wildman–Crippen MR) is 167 cm³/mol. The van der Waals surface area contributed by atoms with Gasteiger partial charge in [0.1, 0.15) is 11.5 Å². The highest BCUT2D eigenvalue weighted by Gasteiger charge is 2.69. The van der Waals surface area contributed by atoms with Crippen LogP contribution in [0.3, 0.4) is 0 Å². The standard InChI is InChI=1S/C35H41N3O8/c1-38(2)29-23-15-18-14-22-20(21-13-17(9-12-25(21)46-3)16-37-19-7-5-4-6-8-19)10-11-24(39)27(22)30(40)26(18)32(42)35(23,45)33(43)28(31(29)41)34(36)44/h9-13,18-19,23,26,28-29,37,39,45H,4-8,14-16H2,1-3H3,(H2,36,44)/t18-,23-,26?,28?,29?,35-/m0/s1. The Morgan fingerprint density at radius 2 is 1.76 bits per heavy atom. The van der Waals surface area contributed by atoms with E-state index in [1.807, 2.05) is 18.2 Å². The number of fused-ring (bicyclic) bond motifs is 3. The zero-order valence-electron chi connectivity index (χ0n) is 26.4. The van der Waals surface area contributed by atoms with Crippen molar-refractivity contribution in [3.63, 3.8) is 0 Å². The highest BCUT2D eigenvalue weighted by Crippen LogP contribution is 2.52. The first-order valence-corrected chi connectivity index (χ1v) is 16.0. The number of benzene rings is 2. The molecule has 6 rings (SSSR count). The number of methoxy groups -OCH3 is 1.